The van der Waals surface area contributed by atoms with E-state index >= 15 is 0 Å². The van der Waals surface area contributed by atoms with Crippen LogP contribution in [0.15, 0.2) is 66.7 Å². The molecule has 1 aliphatic rings. The van der Waals surface area contributed by atoms with Gasteiger partial charge in [0.1, 0.15) is 11.5 Å². The third-order valence-electron chi connectivity index (χ3n) is 4.71. The van der Waals surface area contributed by atoms with Gasteiger partial charge in [-0.3, -0.25) is 19.3 Å². The second-order valence-corrected chi connectivity index (χ2v) is 6.55. The average Bonchev–Trinajstić information content (AvgIpc) is 2.95. The Morgan fingerprint density at radius 1 is 0.828 bits per heavy atom. The predicted molar refractivity (Wildman–Crippen MR) is 105 cm³/mol. The van der Waals surface area contributed by atoms with Gasteiger partial charge in [-0.15, -0.1) is 0 Å². The lowest BCUT2D eigenvalue weighted by Gasteiger charge is -2.15. The number of phenolic OH excluding ortho intramolecular Hbond substituents is 2. The van der Waals surface area contributed by atoms with Crippen LogP contribution in [0.1, 0.15) is 36.6 Å². The first-order valence-electron chi connectivity index (χ1n) is 8.82. The monoisotopic (exact) mass is 388 g/mol. The topological polar surface area (TPSA) is 107 Å². The summed E-state index contributed by atoms with van der Waals surface area (Å²) in [5.41, 5.74) is 1.27. The molecule has 0 spiro atoms. The van der Waals surface area contributed by atoms with Gasteiger partial charge in [-0.05, 0) is 42.5 Å². The van der Waals surface area contributed by atoms with E-state index in [0.29, 0.717) is 11.3 Å². The molecule has 0 aromatic heterocycles. The van der Waals surface area contributed by atoms with Crippen molar-refractivity contribution in [2.24, 2.45) is 0 Å². The number of amides is 3. The molecule has 0 aliphatic carbocycles. The number of imide groups is 1. The number of carbonyl (C=O) groups is 3. The Balaban J connectivity index is 1.59. The number of anilines is 1. The number of phenols is 2. The highest BCUT2D eigenvalue weighted by Crippen LogP contribution is 2.32. The van der Waals surface area contributed by atoms with Crippen molar-refractivity contribution in [3.8, 4) is 11.5 Å². The van der Waals surface area contributed by atoms with Gasteiger partial charge in [-0.25, -0.2) is 0 Å². The molecule has 1 aliphatic heterocycles. The lowest BCUT2D eigenvalue weighted by Crippen LogP contribution is -2.29. The first kappa shape index (κ1) is 18.2. The predicted octanol–water partition coefficient (Wildman–Crippen LogP) is 3.15. The summed E-state index contributed by atoms with van der Waals surface area (Å²) in [6.07, 6.45) is 0. The minimum Gasteiger partial charge on any atom is -0.507 e. The lowest BCUT2D eigenvalue weighted by molar-refractivity contribution is 0.0640. The zero-order valence-corrected chi connectivity index (χ0v) is 15.1. The van der Waals surface area contributed by atoms with Crippen LogP contribution in [0.3, 0.4) is 0 Å². The second kappa shape index (κ2) is 7.12. The normalized spacial score (nSPS) is 12.8. The van der Waals surface area contributed by atoms with Crippen LogP contribution < -0.4 is 5.32 Å². The molecule has 144 valence electrons. The van der Waals surface area contributed by atoms with E-state index in [1.807, 2.05) is 0 Å². The summed E-state index contributed by atoms with van der Waals surface area (Å²) in [7, 11) is 0. The number of hydrogen-bond donors (Lipinski definition) is 3. The Bertz CT molecular complexity index is 1120. The second-order valence-electron chi connectivity index (χ2n) is 6.55. The molecule has 3 amide bonds. The summed E-state index contributed by atoms with van der Waals surface area (Å²) in [4.78, 5) is 38.7. The van der Waals surface area contributed by atoms with Crippen molar-refractivity contribution in [2.45, 2.75) is 6.54 Å². The van der Waals surface area contributed by atoms with E-state index in [1.54, 1.807) is 36.4 Å². The third kappa shape index (κ3) is 3.29. The van der Waals surface area contributed by atoms with Gasteiger partial charge in [0.05, 0.1) is 23.2 Å². The molecule has 0 fully saturated rings. The molecule has 1 heterocycles. The summed E-state index contributed by atoms with van der Waals surface area (Å²) in [6.45, 7) is -0.267. The number of benzene rings is 3. The van der Waals surface area contributed by atoms with Crippen LogP contribution in [-0.4, -0.2) is 32.8 Å². The zero-order valence-electron chi connectivity index (χ0n) is 15.1. The Morgan fingerprint density at radius 2 is 1.48 bits per heavy atom. The van der Waals surface area contributed by atoms with Gasteiger partial charge in [-0.1, -0.05) is 24.3 Å². The van der Waals surface area contributed by atoms with Crippen molar-refractivity contribution in [1.82, 2.24) is 4.90 Å². The van der Waals surface area contributed by atoms with Gasteiger partial charge < -0.3 is 15.5 Å². The fourth-order valence-electron chi connectivity index (χ4n) is 3.19. The highest BCUT2D eigenvalue weighted by Gasteiger charge is 2.36. The van der Waals surface area contributed by atoms with E-state index < -0.39 is 11.8 Å². The molecule has 7 nitrogen and oxygen atoms in total. The number of nitrogens with zero attached hydrogens (tertiary/aromatic N) is 1. The van der Waals surface area contributed by atoms with Gasteiger partial charge >= 0.3 is 0 Å². The molecule has 0 saturated carbocycles. The molecule has 4 rings (SSSR count). The van der Waals surface area contributed by atoms with Crippen LogP contribution in [0, 0.1) is 0 Å². The number of nitrogens with one attached hydrogen (secondary N) is 1. The molecule has 0 unspecified atom stereocenters. The van der Waals surface area contributed by atoms with Crippen molar-refractivity contribution in [3.05, 3.63) is 89.0 Å². The van der Waals surface area contributed by atoms with E-state index in [9.17, 15) is 24.6 Å². The highest BCUT2D eigenvalue weighted by molar-refractivity contribution is 6.22. The fourth-order valence-corrected chi connectivity index (χ4v) is 3.19. The van der Waals surface area contributed by atoms with E-state index in [-0.39, 0.29) is 40.6 Å². The molecular weight excluding hydrogens is 372 g/mol. The molecule has 0 saturated heterocycles. The first-order chi connectivity index (χ1) is 14.0. The molecule has 7 heteroatoms. The summed E-state index contributed by atoms with van der Waals surface area (Å²) in [5.74, 6) is -1.86. The molecule has 0 bridgehead atoms. The highest BCUT2D eigenvalue weighted by atomic mass is 16.3. The number of carbonyl (C=O) groups excluding carboxylic acids is 3. The maximum Gasteiger partial charge on any atom is 0.261 e. The Morgan fingerprint density at radius 3 is 2.17 bits per heavy atom. The third-order valence-corrected chi connectivity index (χ3v) is 4.71. The number of aromatic hydroxyl groups is 2. The van der Waals surface area contributed by atoms with Crippen molar-refractivity contribution in [3.63, 3.8) is 0 Å². The Hall–Kier alpha value is -4.13. The van der Waals surface area contributed by atoms with Crippen LogP contribution >= 0.6 is 0 Å². The van der Waals surface area contributed by atoms with E-state index in [2.05, 4.69) is 5.32 Å². The average molecular weight is 388 g/mol. The first-order valence-corrected chi connectivity index (χ1v) is 8.82. The van der Waals surface area contributed by atoms with Gasteiger partial charge in [0.15, 0.2) is 0 Å². The number of rotatable bonds is 4. The van der Waals surface area contributed by atoms with Crippen LogP contribution in [-0.2, 0) is 6.54 Å². The smallest absolute Gasteiger partial charge is 0.261 e. The molecular formula is C22H16N2O5. The van der Waals surface area contributed by atoms with Crippen LogP contribution in [0.4, 0.5) is 5.69 Å². The van der Waals surface area contributed by atoms with E-state index in [0.717, 1.165) is 4.90 Å². The number of hydrogen-bond acceptors (Lipinski definition) is 5. The quantitative estimate of drug-likeness (QED) is 0.595. The summed E-state index contributed by atoms with van der Waals surface area (Å²) in [5, 5.41) is 22.6. The van der Waals surface area contributed by atoms with E-state index in [4.69, 9.17) is 0 Å². The van der Waals surface area contributed by atoms with Crippen LogP contribution in [0.2, 0.25) is 0 Å². The minimum absolute atomic E-state index is 0.0830. The SMILES string of the molecule is O=C(Nc1ccc2c(c1)C(=O)N(Cc1c(O)cccc1O)C2=O)c1ccccc1. The van der Waals surface area contributed by atoms with Crippen molar-refractivity contribution >= 4 is 23.4 Å². The number of fused-ring (bicyclic) bond motifs is 1. The van der Waals surface area contributed by atoms with Gasteiger partial charge in [0.25, 0.3) is 17.7 Å². The molecule has 0 atom stereocenters. The largest absolute Gasteiger partial charge is 0.507 e. The van der Waals surface area contributed by atoms with E-state index in [1.165, 1.54) is 30.3 Å². The molecule has 0 radical (unpaired) electrons. The van der Waals surface area contributed by atoms with Crippen molar-refractivity contribution in [2.75, 3.05) is 5.32 Å². The molecule has 3 N–H and O–H groups in total. The Labute approximate surface area is 165 Å². The van der Waals surface area contributed by atoms with Crippen LogP contribution in [0.25, 0.3) is 0 Å². The Kier molecular flexibility index (Phi) is 4.48. The zero-order chi connectivity index (χ0) is 20.5. The standard InChI is InChI=1S/C22H16N2O5/c25-18-7-4-8-19(26)17(18)12-24-21(28)15-10-9-14(11-16(15)22(24)29)23-20(27)13-5-2-1-3-6-13/h1-11,25-26H,12H2,(H,23,27). The van der Waals surface area contributed by atoms with Crippen molar-refractivity contribution < 1.29 is 24.6 Å². The summed E-state index contributed by atoms with van der Waals surface area (Å²) in [6, 6.07) is 17.3. The van der Waals surface area contributed by atoms with Gasteiger partial charge in [-0.2, -0.15) is 0 Å². The van der Waals surface area contributed by atoms with Gasteiger partial charge in [0, 0.05) is 11.3 Å². The molecule has 3 aromatic rings. The van der Waals surface area contributed by atoms with Crippen LogP contribution in [0.5, 0.6) is 11.5 Å². The summed E-state index contributed by atoms with van der Waals surface area (Å²) < 4.78 is 0. The minimum atomic E-state index is -0.566. The molecule has 29 heavy (non-hydrogen) atoms. The fraction of sp³-hybridized carbons (Fsp3) is 0.0455. The van der Waals surface area contributed by atoms with Crippen molar-refractivity contribution in [1.29, 1.82) is 0 Å². The van der Waals surface area contributed by atoms with Gasteiger partial charge in [0.2, 0.25) is 0 Å². The maximum atomic E-state index is 12.8. The summed E-state index contributed by atoms with van der Waals surface area (Å²) >= 11 is 0. The molecule has 3 aromatic carbocycles. The maximum absolute atomic E-state index is 12.8. The lowest BCUT2D eigenvalue weighted by atomic mass is 10.1.